The highest BCUT2D eigenvalue weighted by molar-refractivity contribution is 4.97. The Morgan fingerprint density at radius 1 is 1.56 bits per heavy atom. The highest BCUT2D eigenvalue weighted by Crippen LogP contribution is 1.67. The Bertz CT molecular complexity index is 142. The molecule has 9 heavy (non-hydrogen) atoms. The monoisotopic (exact) mass is 121 g/mol. The van der Waals surface area contributed by atoms with E-state index >= 15 is 0 Å². The first-order valence-corrected chi connectivity index (χ1v) is 2.95. The second-order valence-corrected chi connectivity index (χ2v) is 1.56. The van der Waals surface area contributed by atoms with Gasteiger partial charge in [-0.25, -0.2) is 0 Å². The van der Waals surface area contributed by atoms with Crippen molar-refractivity contribution >= 4 is 0 Å². The van der Waals surface area contributed by atoms with E-state index in [1.54, 1.807) is 0 Å². The van der Waals surface area contributed by atoms with Gasteiger partial charge in [0.1, 0.15) is 0 Å². The molecule has 1 N–H and O–H groups in total. The van der Waals surface area contributed by atoms with Crippen molar-refractivity contribution in [1.82, 2.24) is 5.32 Å². The maximum atomic E-state index is 5.02. The van der Waals surface area contributed by atoms with Crippen molar-refractivity contribution in [3.8, 4) is 24.2 Å². The second kappa shape index (κ2) is 7.08. The standard InChI is InChI=1S/C8H11N/c1-3-5-7-9-8-6-4-2/h1,9H,5,7-8H2,2H3. The fourth-order valence-corrected chi connectivity index (χ4v) is 0.400. The second-order valence-electron chi connectivity index (χ2n) is 1.56. The first kappa shape index (κ1) is 8.08. The molecule has 0 aliphatic heterocycles. The molecule has 1 nitrogen and oxygen atoms in total. The molecule has 0 radical (unpaired) electrons. The van der Waals surface area contributed by atoms with Gasteiger partial charge in [-0.15, -0.1) is 18.3 Å². The highest BCUT2D eigenvalue weighted by Gasteiger charge is 1.76. The minimum absolute atomic E-state index is 0.748. The van der Waals surface area contributed by atoms with Crippen LogP contribution in [-0.2, 0) is 0 Å². The summed E-state index contributed by atoms with van der Waals surface area (Å²) in [6, 6.07) is 0. The summed E-state index contributed by atoms with van der Waals surface area (Å²) in [4.78, 5) is 0. The molecular formula is C8H11N. The summed E-state index contributed by atoms with van der Waals surface area (Å²) in [6.45, 7) is 3.44. The lowest BCUT2D eigenvalue weighted by atomic mass is 10.4. The normalized spacial score (nSPS) is 7.11. The van der Waals surface area contributed by atoms with Crippen molar-refractivity contribution in [1.29, 1.82) is 0 Å². The van der Waals surface area contributed by atoms with Crippen LogP contribution in [0.4, 0.5) is 0 Å². The van der Waals surface area contributed by atoms with Crippen LogP contribution in [-0.4, -0.2) is 13.1 Å². The van der Waals surface area contributed by atoms with Gasteiger partial charge in [-0.2, -0.15) is 0 Å². The van der Waals surface area contributed by atoms with Crippen LogP contribution < -0.4 is 5.32 Å². The van der Waals surface area contributed by atoms with Crippen molar-refractivity contribution in [2.24, 2.45) is 0 Å². The first-order chi connectivity index (χ1) is 4.41. The molecule has 0 saturated heterocycles. The van der Waals surface area contributed by atoms with Gasteiger partial charge in [-0.05, 0) is 6.92 Å². The van der Waals surface area contributed by atoms with E-state index in [0.717, 1.165) is 19.5 Å². The van der Waals surface area contributed by atoms with Crippen LogP contribution in [0.15, 0.2) is 0 Å². The van der Waals surface area contributed by atoms with Gasteiger partial charge >= 0.3 is 0 Å². The molecule has 0 saturated carbocycles. The van der Waals surface area contributed by atoms with Crippen LogP contribution in [0.3, 0.4) is 0 Å². The predicted molar refractivity (Wildman–Crippen MR) is 39.8 cm³/mol. The Morgan fingerprint density at radius 2 is 2.33 bits per heavy atom. The van der Waals surface area contributed by atoms with Crippen molar-refractivity contribution in [2.45, 2.75) is 13.3 Å². The molecule has 0 aromatic rings. The van der Waals surface area contributed by atoms with Crippen LogP contribution >= 0.6 is 0 Å². The molecule has 1 heteroatoms. The van der Waals surface area contributed by atoms with Crippen LogP contribution in [0, 0.1) is 24.2 Å². The zero-order valence-corrected chi connectivity index (χ0v) is 5.70. The highest BCUT2D eigenvalue weighted by atomic mass is 14.8. The third kappa shape index (κ3) is 7.08. The van der Waals surface area contributed by atoms with Crippen molar-refractivity contribution < 1.29 is 0 Å². The fourth-order valence-electron chi connectivity index (χ4n) is 0.400. The molecule has 48 valence electrons. The SMILES string of the molecule is C#CCCNCC#CC. The molecule has 0 bridgehead atoms. The van der Waals surface area contributed by atoms with Gasteiger partial charge in [0.25, 0.3) is 0 Å². The summed E-state index contributed by atoms with van der Waals surface area (Å²) >= 11 is 0. The molecular weight excluding hydrogens is 110 g/mol. The molecule has 0 rings (SSSR count). The lowest BCUT2D eigenvalue weighted by Crippen LogP contribution is -2.14. The van der Waals surface area contributed by atoms with Gasteiger partial charge in [0.2, 0.25) is 0 Å². The summed E-state index contributed by atoms with van der Waals surface area (Å²) in [6.07, 6.45) is 5.80. The van der Waals surface area contributed by atoms with E-state index in [9.17, 15) is 0 Å². The van der Waals surface area contributed by atoms with E-state index in [2.05, 4.69) is 23.1 Å². The van der Waals surface area contributed by atoms with Gasteiger partial charge < -0.3 is 5.32 Å². The lowest BCUT2D eigenvalue weighted by Gasteiger charge is -1.91. The van der Waals surface area contributed by atoms with Crippen LogP contribution in [0.2, 0.25) is 0 Å². The summed E-state index contributed by atoms with van der Waals surface area (Å²) in [5.41, 5.74) is 0. The minimum atomic E-state index is 0.748. The first-order valence-electron chi connectivity index (χ1n) is 2.95. The molecule has 0 fully saturated rings. The summed E-state index contributed by atoms with van der Waals surface area (Å²) in [5, 5.41) is 3.07. The zero-order valence-electron chi connectivity index (χ0n) is 5.70. The number of nitrogens with one attached hydrogen (secondary N) is 1. The van der Waals surface area contributed by atoms with E-state index in [4.69, 9.17) is 6.42 Å². The molecule has 0 aliphatic rings. The minimum Gasteiger partial charge on any atom is -0.305 e. The van der Waals surface area contributed by atoms with Crippen LogP contribution in [0.25, 0.3) is 0 Å². The Hall–Kier alpha value is -0.920. The van der Waals surface area contributed by atoms with Gasteiger partial charge in [0.05, 0.1) is 6.54 Å². The van der Waals surface area contributed by atoms with Crippen molar-refractivity contribution in [2.75, 3.05) is 13.1 Å². The third-order valence-electron chi connectivity index (χ3n) is 0.836. The molecule has 0 unspecified atom stereocenters. The Balaban J connectivity index is 2.91. The van der Waals surface area contributed by atoms with E-state index < -0.39 is 0 Å². The molecule has 0 aliphatic carbocycles. The topological polar surface area (TPSA) is 12.0 Å². The molecule has 0 amide bonds. The zero-order chi connectivity index (χ0) is 6.95. The largest absolute Gasteiger partial charge is 0.305 e. The number of hydrogen-bond donors (Lipinski definition) is 1. The van der Waals surface area contributed by atoms with Gasteiger partial charge in [-0.3, -0.25) is 0 Å². The predicted octanol–water partition coefficient (Wildman–Crippen LogP) is 0.623. The molecule has 0 aromatic heterocycles. The summed E-state index contributed by atoms with van der Waals surface area (Å²) in [5.74, 6) is 8.19. The van der Waals surface area contributed by atoms with Crippen LogP contribution in [0.5, 0.6) is 0 Å². The number of terminal acetylenes is 1. The Morgan fingerprint density at radius 3 is 2.89 bits per heavy atom. The number of rotatable bonds is 3. The van der Waals surface area contributed by atoms with Gasteiger partial charge in [-0.1, -0.05) is 5.92 Å². The summed E-state index contributed by atoms with van der Waals surface area (Å²) in [7, 11) is 0. The molecule has 0 spiro atoms. The van der Waals surface area contributed by atoms with Crippen molar-refractivity contribution in [3.05, 3.63) is 0 Å². The van der Waals surface area contributed by atoms with Crippen LogP contribution in [0.1, 0.15) is 13.3 Å². The quantitative estimate of drug-likeness (QED) is 0.426. The molecule has 0 aromatic carbocycles. The van der Waals surface area contributed by atoms with E-state index in [1.807, 2.05) is 6.92 Å². The van der Waals surface area contributed by atoms with Crippen molar-refractivity contribution in [3.63, 3.8) is 0 Å². The average Bonchev–Trinajstić information content (AvgIpc) is 1.89. The maximum absolute atomic E-state index is 5.02. The smallest absolute Gasteiger partial charge is 0.0576 e. The Kier molecular flexibility index (Phi) is 6.36. The number of hydrogen-bond acceptors (Lipinski definition) is 1. The Labute approximate surface area is 56.8 Å². The maximum Gasteiger partial charge on any atom is 0.0576 e. The summed E-state index contributed by atoms with van der Waals surface area (Å²) < 4.78 is 0. The van der Waals surface area contributed by atoms with Gasteiger partial charge in [0.15, 0.2) is 0 Å². The van der Waals surface area contributed by atoms with E-state index in [1.165, 1.54) is 0 Å². The molecule has 0 atom stereocenters. The van der Waals surface area contributed by atoms with Gasteiger partial charge in [0, 0.05) is 13.0 Å². The fraction of sp³-hybridized carbons (Fsp3) is 0.500. The molecule has 0 heterocycles. The van der Waals surface area contributed by atoms with E-state index in [-0.39, 0.29) is 0 Å². The average molecular weight is 121 g/mol. The third-order valence-corrected chi connectivity index (χ3v) is 0.836. The lowest BCUT2D eigenvalue weighted by molar-refractivity contribution is 0.774. The van der Waals surface area contributed by atoms with E-state index in [0.29, 0.717) is 0 Å².